The standard InChI is InChI=1S/C29H44O3/c1-19(18-28(4,5)32)9-10-20(2)25-13-14-26-22(8-7-15-29(25,26)6)11-12-23-16-24(30)17-27(31)21(23)3/h9-12,18,20,24-27,30-32H,3,7-8,13-17H2,1-2,4-6H3/b10-9+,19-18+,22-11+,23-12-. The molecule has 6 atom stereocenters. The lowest BCUT2D eigenvalue weighted by Crippen LogP contribution is -2.35. The number of aliphatic hydroxyl groups excluding tert-OH is 2. The second-order valence-electron chi connectivity index (χ2n) is 11.4. The van der Waals surface area contributed by atoms with Gasteiger partial charge in [0.05, 0.1) is 17.8 Å². The predicted molar refractivity (Wildman–Crippen MR) is 133 cm³/mol. The molecule has 0 spiro atoms. The van der Waals surface area contributed by atoms with Crippen molar-refractivity contribution in [1.29, 1.82) is 0 Å². The summed E-state index contributed by atoms with van der Waals surface area (Å²) in [5, 5.41) is 30.2. The number of aliphatic hydroxyl groups is 3. The largest absolute Gasteiger partial charge is 0.393 e. The van der Waals surface area contributed by atoms with Gasteiger partial charge in [0.15, 0.2) is 0 Å². The summed E-state index contributed by atoms with van der Waals surface area (Å²) in [6.07, 6.45) is 16.8. The molecular formula is C29H44O3. The Morgan fingerprint density at radius 2 is 1.94 bits per heavy atom. The number of hydrogen-bond donors (Lipinski definition) is 3. The highest BCUT2D eigenvalue weighted by molar-refractivity contribution is 5.38. The van der Waals surface area contributed by atoms with Crippen molar-refractivity contribution in [2.75, 3.05) is 0 Å². The Bertz CT molecular complexity index is 822. The first-order valence-corrected chi connectivity index (χ1v) is 12.5. The highest BCUT2D eigenvalue weighted by Gasteiger charge is 2.50. The van der Waals surface area contributed by atoms with E-state index in [0.717, 1.165) is 23.1 Å². The van der Waals surface area contributed by atoms with Gasteiger partial charge in [-0.15, -0.1) is 0 Å². The van der Waals surface area contributed by atoms with Gasteiger partial charge in [-0.05, 0) is 93.6 Å². The first kappa shape index (κ1) is 25.2. The van der Waals surface area contributed by atoms with E-state index in [1.165, 1.54) is 31.3 Å². The highest BCUT2D eigenvalue weighted by atomic mass is 16.3. The first-order chi connectivity index (χ1) is 14.9. The number of allylic oxidation sites excluding steroid dienone is 6. The molecule has 0 radical (unpaired) electrons. The molecule has 3 heteroatoms. The predicted octanol–water partition coefficient (Wildman–Crippen LogP) is 6.04. The summed E-state index contributed by atoms with van der Waals surface area (Å²) in [5.41, 5.74) is 3.93. The smallest absolute Gasteiger partial charge is 0.0811 e. The van der Waals surface area contributed by atoms with E-state index in [4.69, 9.17) is 0 Å². The molecule has 3 saturated carbocycles. The van der Waals surface area contributed by atoms with E-state index in [1.807, 2.05) is 19.9 Å². The summed E-state index contributed by atoms with van der Waals surface area (Å²) in [7, 11) is 0. The van der Waals surface area contributed by atoms with Crippen molar-refractivity contribution in [2.45, 2.75) is 97.4 Å². The van der Waals surface area contributed by atoms with E-state index >= 15 is 0 Å². The van der Waals surface area contributed by atoms with Crippen LogP contribution in [-0.4, -0.2) is 33.1 Å². The normalized spacial score (nSPS) is 38.0. The molecule has 178 valence electrons. The number of fused-ring (bicyclic) bond motifs is 1. The quantitative estimate of drug-likeness (QED) is 0.457. The molecule has 6 unspecified atom stereocenters. The number of rotatable bonds is 5. The SMILES string of the molecule is C=C1/C(=C\C=C2/CCCC3(C)C2CCC3C(C)/C=C/C(C)=C/C(C)(C)O)CC(O)CC1O. The minimum absolute atomic E-state index is 0.308. The van der Waals surface area contributed by atoms with Crippen LogP contribution < -0.4 is 0 Å². The van der Waals surface area contributed by atoms with E-state index in [2.05, 4.69) is 51.7 Å². The van der Waals surface area contributed by atoms with Gasteiger partial charge in [0.25, 0.3) is 0 Å². The lowest BCUT2D eigenvalue weighted by Gasteiger charge is -2.44. The van der Waals surface area contributed by atoms with Gasteiger partial charge in [-0.2, -0.15) is 0 Å². The Kier molecular flexibility index (Phi) is 7.74. The van der Waals surface area contributed by atoms with E-state index < -0.39 is 17.8 Å². The summed E-state index contributed by atoms with van der Waals surface area (Å²) in [5.74, 6) is 1.76. The fourth-order valence-electron chi connectivity index (χ4n) is 6.65. The monoisotopic (exact) mass is 440 g/mol. The van der Waals surface area contributed by atoms with Crippen LogP contribution >= 0.6 is 0 Å². The zero-order valence-electron chi connectivity index (χ0n) is 20.8. The summed E-state index contributed by atoms with van der Waals surface area (Å²) >= 11 is 0. The molecule has 3 aliphatic carbocycles. The molecule has 0 aromatic carbocycles. The van der Waals surface area contributed by atoms with Crippen molar-refractivity contribution in [2.24, 2.45) is 23.2 Å². The second-order valence-corrected chi connectivity index (χ2v) is 11.4. The van der Waals surface area contributed by atoms with Crippen LogP contribution in [0.5, 0.6) is 0 Å². The van der Waals surface area contributed by atoms with Gasteiger partial charge in [-0.25, -0.2) is 0 Å². The van der Waals surface area contributed by atoms with Crippen LogP contribution in [0.15, 0.2) is 59.3 Å². The molecule has 3 nitrogen and oxygen atoms in total. The van der Waals surface area contributed by atoms with Gasteiger partial charge >= 0.3 is 0 Å². The maximum atomic E-state index is 10.1. The Labute approximate surface area is 195 Å². The van der Waals surface area contributed by atoms with Crippen LogP contribution in [-0.2, 0) is 0 Å². The van der Waals surface area contributed by atoms with Crippen LogP contribution in [0.2, 0.25) is 0 Å². The summed E-state index contributed by atoms with van der Waals surface area (Å²) in [6, 6.07) is 0. The van der Waals surface area contributed by atoms with E-state index in [9.17, 15) is 15.3 Å². The molecule has 0 aliphatic heterocycles. The Morgan fingerprint density at radius 1 is 1.22 bits per heavy atom. The molecule has 0 aromatic rings. The molecule has 32 heavy (non-hydrogen) atoms. The Hall–Kier alpha value is -1.42. The molecule has 3 rings (SSSR count). The summed E-state index contributed by atoms with van der Waals surface area (Å²) in [6.45, 7) is 14.6. The molecule has 3 aliphatic rings. The van der Waals surface area contributed by atoms with Gasteiger partial charge in [0, 0.05) is 6.42 Å². The molecule has 0 heterocycles. The maximum Gasteiger partial charge on any atom is 0.0811 e. The zero-order chi connectivity index (χ0) is 23.7. The van der Waals surface area contributed by atoms with Gasteiger partial charge in [-0.3, -0.25) is 0 Å². The van der Waals surface area contributed by atoms with Crippen LogP contribution in [0.4, 0.5) is 0 Å². The zero-order valence-corrected chi connectivity index (χ0v) is 20.8. The van der Waals surface area contributed by atoms with Gasteiger partial charge in [0.1, 0.15) is 0 Å². The molecule has 0 amide bonds. The minimum atomic E-state index is -0.782. The Morgan fingerprint density at radius 3 is 2.62 bits per heavy atom. The van der Waals surface area contributed by atoms with Crippen LogP contribution in [0.1, 0.15) is 79.6 Å². The van der Waals surface area contributed by atoms with Gasteiger partial charge in [-0.1, -0.05) is 62.0 Å². The van der Waals surface area contributed by atoms with E-state index in [0.29, 0.717) is 36.0 Å². The lowest BCUT2D eigenvalue weighted by molar-refractivity contribution is 0.0862. The molecule has 0 bridgehead atoms. The average molecular weight is 441 g/mol. The summed E-state index contributed by atoms with van der Waals surface area (Å²) in [4.78, 5) is 0. The summed E-state index contributed by atoms with van der Waals surface area (Å²) < 4.78 is 0. The van der Waals surface area contributed by atoms with Crippen LogP contribution in [0, 0.1) is 23.2 Å². The molecule has 0 saturated heterocycles. The topological polar surface area (TPSA) is 60.7 Å². The average Bonchev–Trinajstić information content (AvgIpc) is 3.04. The third-order valence-corrected chi connectivity index (χ3v) is 8.18. The van der Waals surface area contributed by atoms with Crippen molar-refractivity contribution in [3.05, 3.63) is 59.3 Å². The van der Waals surface area contributed by atoms with Gasteiger partial charge < -0.3 is 15.3 Å². The maximum absolute atomic E-state index is 10.1. The molecule has 0 aromatic heterocycles. The Balaban J connectivity index is 1.76. The van der Waals surface area contributed by atoms with E-state index in [-0.39, 0.29) is 0 Å². The fourth-order valence-corrected chi connectivity index (χ4v) is 6.65. The molecular weight excluding hydrogens is 396 g/mol. The first-order valence-electron chi connectivity index (χ1n) is 12.5. The van der Waals surface area contributed by atoms with Crippen molar-refractivity contribution in [1.82, 2.24) is 0 Å². The molecule has 3 N–H and O–H groups in total. The highest BCUT2D eigenvalue weighted by Crippen LogP contribution is 2.59. The van der Waals surface area contributed by atoms with Crippen molar-refractivity contribution < 1.29 is 15.3 Å². The van der Waals surface area contributed by atoms with Crippen molar-refractivity contribution >= 4 is 0 Å². The number of hydrogen-bond acceptors (Lipinski definition) is 3. The lowest BCUT2D eigenvalue weighted by atomic mass is 9.61. The van der Waals surface area contributed by atoms with E-state index in [1.54, 1.807) is 0 Å². The molecule has 3 fully saturated rings. The second kappa shape index (κ2) is 9.83. The van der Waals surface area contributed by atoms with Crippen molar-refractivity contribution in [3.63, 3.8) is 0 Å². The van der Waals surface area contributed by atoms with Crippen LogP contribution in [0.25, 0.3) is 0 Å². The van der Waals surface area contributed by atoms with Crippen LogP contribution in [0.3, 0.4) is 0 Å². The third kappa shape index (κ3) is 5.73. The minimum Gasteiger partial charge on any atom is -0.393 e. The fraction of sp³-hybridized carbons (Fsp3) is 0.655. The van der Waals surface area contributed by atoms with Gasteiger partial charge in [0.2, 0.25) is 0 Å². The van der Waals surface area contributed by atoms with Crippen molar-refractivity contribution in [3.8, 4) is 0 Å². The third-order valence-electron chi connectivity index (χ3n) is 8.18.